The molecule has 0 atom stereocenters. The molecule has 7 nitrogen and oxygen atoms in total. The van der Waals surface area contributed by atoms with Gasteiger partial charge in [0.1, 0.15) is 12.4 Å². The number of carbonyl (C=O) groups excluding carboxylic acids is 1. The van der Waals surface area contributed by atoms with Crippen LogP contribution in [-0.4, -0.2) is 36.7 Å². The predicted octanol–water partition coefficient (Wildman–Crippen LogP) is 4.34. The van der Waals surface area contributed by atoms with E-state index in [1.54, 1.807) is 38.3 Å². The van der Waals surface area contributed by atoms with Crippen molar-refractivity contribution < 1.29 is 17.9 Å². The molecule has 3 rings (SSSR count). The second-order valence-corrected chi connectivity index (χ2v) is 9.06. The summed E-state index contributed by atoms with van der Waals surface area (Å²) in [5.41, 5.74) is 2.08. The minimum Gasteiger partial charge on any atom is -0.487 e. The summed E-state index contributed by atoms with van der Waals surface area (Å²) in [5, 5.41) is 2.71. The van der Waals surface area contributed by atoms with Gasteiger partial charge >= 0.3 is 0 Å². The fraction of sp³-hybridized carbons (Fsp3) is 0.200. The minimum absolute atomic E-state index is 0.147. The Morgan fingerprint density at radius 3 is 2.45 bits per heavy atom. The molecule has 8 heteroatoms. The number of ether oxygens (including phenoxy) is 1. The number of hydrogen-bond donors (Lipinski definition) is 1. The lowest BCUT2D eigenvalue weighted by Gasteiger charge is -2.18. The average molecular weight is 466 g/mol. The second-order valence-electron chi connectivity index (χ2n) is 7.12. The first kappa shape index (κ1) is 24.2. The highest BCUT2D eigenvalue weighted by Crippen LogP contribution is 2.20. The number of amides is 1. The van der Waals surface area contributed by atoms with Crippen molar-refractivity contribution in [2.45, 2.75) is 25.3 Å². The minimum atomic E-state index is -3.59. The van der Waals surface area contributed by atoms with E-state index in [0.29, 0.717) is 31.1 Å². The van der Waals surface area contributed by atoms with Gasteiger partial charge in [-0.1, -0.05) is 38.1 Å². The third-order valence-electron chi connectivity index (χ3n) is 4.86. The molecule has 0 fully saturated rings. The van der Waals surface area contributed by atoms with E-state index in [9.17, 15) is 13.2 Å². The number of carbonyl (C=O) groups is 1. The number of aromatic nitrogens is 1. The van der Waals surface area contributed by atoms with Gasteiger partial charge in [-0.2, -0.15) is 4.31 Å². The lowest BCUT2D eigenvalue weighted by Crippen LogP contribution is -2.30. The third-order valence-corrected chi connectivity index (χ3v) is 6.91. The lowest BCUT2D eigenvalue weighted by atomic mass is 10.2. The summed E-state index contributed by atoms with van der Waals surface area (Å²) in [7, 11) is -3.59. The third kappa shape index (κ3) is 6.74. The first-order valence-electron chi connectivity index (χ1n) is 10.6. The van der Waals surface area contributed by atoms with Gasteiger partial charge in [-0.25, -0.2) is 8.42 Å². The zero-order valence-corrected chi connectivity index (χ0v) is 19.5. The summed E-state index contributed by atoms with van der Waals surface area (Å²) >= 11 is 0. The van der Waals surface area contributed by atoms with Crippen LogP contribution >= 0.6 is 0 Å². The van der Waals surface area contributed by atoms with Gasteiger partial charge in [0, 0.05) is 31.0 Å². The Morgan fingerprint density at radius 1 is 1.03 bits per heavy atom. The molecule has 0 saturated heterocycles. The first-order valence-corrected chi connectivity index (χ1v) is 12.1. The normalized spacial score (nSPS) is 11.6. The average Bonchev–Trinajstić information content (AvgIpc) is 2.83. The Bertz CT molecular complexity index is 1190. The lowest BCUT2D eigenvalue weighted by molar-refractivity contribution is -0.111. The van der Waals surface area contributed by atoms with Gasteiger partial charge in [-0.05, 0) is 54.1 Å². The molecular weight excluding hydrogens is 438 g/mol. The van der Waals surface area contributed by atoms with Crippen LogP contribution in [-0.2, 0) is 21.4 Å². The molecule has 0 aliphatic heterocycles. The van der Waals surface area contributed by atoms with Crippen LogP contribution in [0.25, 0.3) is 6.08 Å². The molecule has 2 aromatic carbocycles. The van der Waals surface area contributed by atoms with Gasteiger partial charge in [0.15, 0.2) is 0 Å². The maximum Gasteiger partial charge on any atom is 0.248 e. The number of rotatable bonds is 10. The summed E-state index contributed by atoms with van der Waals surface area (Å²) < 4.78 is 32.4. The van der Waals surface area contributed by atoms with Crippen LogP contribution in [0.2, 0.25) is 0 Å². The standard InChI is InChI=1S/C25H27N3O4S/c1-3-28(4-2)33(30,31)24-10-7-9-21(18-24)27-25(29)16-13-20-11-14-23(15-12-20)32-19-22-8-5-6-17-26-22/h5-18H,3-4,19H2,1-2H3,(H,27,29). The molecule has 0 unspecified atom stereocenters. The molecule has 1 aromatic heterocycles. The molecule has 0 bridgehead atoms. The molecule has 172 valence electrons. The monoisotopic (exact) mass is 465 g/mol. The number of pyridine rings is 1. The van der Waals surface area contributed by atoms with Gasteiger partial charge in [-0.3, -0.25) is 9.78 Å². The van der Waals surface area contributed by atoms with Gasteiger partial charge in [0.25, 0.3) is 0 Å². The summed E-state index contributed by atoms with van der Waals surface area (Å²) in [6.45, 7) is 4.71. The highest BCUT2D eigenvalue weighted by Gasteiger charge is 2.21. The zero-order chi connectivity index (χ0) is 23.7. The van der Waals surface area contributed by atoms with Gasteiger partial charge < -0.3 is 10.1 Å². The van der Waals surface area contributed by atoms with Crippen molar-refractivity contribution in [3.63, 3.8) is 0 Å². The molecule has 3 aromatic rings. The van der Waals surface area contributed by atoms with Crippen molar-refractivity contribution in [2.75, 3.05) is 18.4 Å². The fourth-order valence-electron chi connectivity index (χ4n) is 3.12. The topological polar surface area (TPSA) is 88.6 Å². The van der Waals surface area contributed by atoms with E-state index in [4.69, 9.17) is 4.74 Å². The quantitative estimate of drug-likeness (QED) is 0.450. The van der Waals surface area contributed by atoms with Crippen LogP contribution in [0.15, 0.2) is 83.9 Å². The Hall–Kier alpha value is -3.49. The number of anilines is 1. The number of hydrogen-bond acceptors (Lipinski definition) is 5. The Kier molecular flexibility index (Phi) is 8.34. The molecule has 0 aliphatic carbocycles. The molecule has 1 amide bonds. The highest BCUT2D eigenvalue weighted by atomic mass is 32.2. The van der Waals surface area contributed by atoms with Crippen molar-refractivity contribution >= 4 is 27.7 Å². The van der Waals surface area contributed by atoms with Crippen molar-refractivity contribution in [3.05, 3.63) is 90.3 Å². The van der Waals surface area contributed by atoms with Crippen LogP contribution in [0, 0.1) is 0 Å². The molecule has 0 saturated carbocycles. The van der Waals surface area contributed by atoms with Crippen molar-refractivity contribution in [2.24, 2.45) is 0 Å². The molecule has 0 radical (unpaired) electrons. The largest absolute Gasteiger partial charge is 0.487 e. The van der Waals surface area contributed by atoms with E-state index in [2.05, 4.69) is 10.3 Å². The zero-order valence-electron chi connectivity index (χ0n) is 18.6. The van der Waals surface area contributed by atoms with Crippen LogP contribution in [0.5, 0.6) is 5.75 Å². The maximum atomic E-state index is 12.7. The van der Waals surface area contributed by atoms with E-state index in [0.717, 1.165) is 11.3 Å². The van der Waals surface area contributed by atoms with Crippen molar-refractivity contribution in [3.8, 4) is 5.75 Å². The summed E-state index contributed by atoms with van der Waals surface area (Å²) in [6.07, 6.45) is 4.79. The Balaban J connectivity index is 1.59. The second kappa shape index (κ2) is 11.4. The Labute approximate surface area is 194 Å². The fourth-order valence-corrected chi connectivity index (χ4v) is 4.62. The van der Waals surface area contributed by atoms with Gasteiger partial charge in [0.2, 0.25) is 15.9 Å². The van der Waals surface area contributed by atoms with Crippen LogP contribution in [0.4, 0.5) is 5.69 Å². The Morgan fingerprint density at radius 2 is 1.79 bits per heavy atom. The maximum absolute atomic E-state index is 12.7. The summed E-state index contributed by atoms with van der Waals surface area (Å²) in [6, 6.07) is 19.2. The van der Waals surface area contributed by atoms with Gasteiger partial charge in [-0.15, -0.1) is 0 Å². The van der Waals surface area contributed by atoms with E-state index in [1.165, 1.54) is 22.5 Å². The van der Waals surface area contributed by atoms with E-state index in [1.807, 2.05) is 42.5 Å². The van der Waals surface area contributed by atoms with Crippen molar-refractivity contribution in [1.29, 1.82) is 0 Å². The molecule has 1 heterocycles. The van der Waals surface area contributed by atoms with E-state index < -0.39 is 10.0 Å². The smallest absolute Gasteiger partial charge is 0.248 e. The molecule has 0 aliphatic rings. The van der Waals surface area contributed by atoms with Gasteiger partial charge in [0.05, 0.1) is 10.6 Å². The van der Waals surface area contributed by atoms with Crippen LogP contribution in [0.3, 0.4) is 0 Å². The first-order chi connectivity index (χ1) is 15.9. The molecule has 0 spiro atoms. The molecule has 1 N–H and O–H groups in total. The number of nitrogens with one attached hydrogen (secondary N) is 1. The van der Waals surface area contributed by atoms with Crippen LogP contribution < -0.4 is 10.1 Å². The summed E-state index contributed by atoms with van der Waals surface area (Å²) in [5.74, 6) is 0.344. The molecule has 33 heavy (non-hydrogen) atoms. The number of benzene rings is 2. The SMILES string of the molecule is CCN(CC)S(=O)(=O)c1cccc(NC(=O)C=Cc2ccc(OCc3ccccn3)cc2)c1. The number of sulfonamides is 1. The van der Waals surface area contributed by atoms with E-state index >= 15 is 0 Å². The summed E-state index contributed by atoms with van der Waals surface area (Å²) in [4.78, 5) is 16.7. The predicted molar refractivity (Wildman–Crippen MR) is 129 cm³/mol. The van der Waals surface area contributed by atoms with Crippen molar-refractivity contribution in [1.82, 2.24) is 9.29 Å². The molecular formula is C25H27N3O4S. The number of nitrogens with zero attached hydrogens (tertiary/aromatic N) is 2. The highest BCUT2D eigenvalue weighted by molar-refractivity contribution is 7.89. The van der Waals surface area contributed by atoms with E-state index in [-0.39, 0.29) is 10.8 Å². The van der Waals surface area contributed by atoms with Crippen LogP contribution in [0.1, 0.15) is 25.1 Å².